The molecule has 0 bridgehead atoms. The zero-order valence-corrected chi connectivity index (χ0v) is 12.2. The second-order valence-corrected chi connectivity index (χ2v) is 4.96. The van der Waals surface area contributed by atoms with Crippen LogP contribution >= 0.6 is 0 Å². The van der Waals surface area contributed by atoms with E-state index in [1.165, 1.54) is 0 Å². The largest absolute Gasteiger partial charge is 0.397 e. The monoisotopic (exact) mass is 292 g/mol. The Kier molecular flexibility index (Phi) is 3.62. The average molecular weight is 292 g/mol. The second-order valence-electron chi connectivity index (χ2n) is 4.96. The van der Waals surface area contributed by atoms with Crippen LogP contribution in [0.3, 0.4) is 0 Å². The molecule has 0 unspecified atom stereocenters. The number of carbonyl (C=O) groups excluding carboxylic acids is 1. The van der Waals surface area contributed by atoms with Crippen LogP contribution in [0, 0.1) is 6.92 Å². The lowest BCUT2D eigenvalue weighted by Crippen LogP contribution is -2.13. The molecule has 22 heavy (non-hydrogen) atoms. The summed E-state index contributed by atoms with van der Waals surface area (Å²) in [6.45, 7) is 1.80. The number of carbonyl (C=O) groups is 1. The summed E-state index contributed by atoms with van der Waals surface area (Å²) in [5.74, 6) is 0.293. The minimum Gasteiger partial charge on any atom is -0.397 e. The van der Waals surface area contributed by atoms with Crippen molar-refractivity contribution in [2.45, 2.75) is 6.92 Å². The summed E-state index contributed by atoms with van der Waals surface area (Å²) in [5, 5.41) is 2.77. The van der Waals surface area contributed by atoms with E-state index in [2.05, 4.69) is 10.3 Å². The van der Waals surface area contributed by atoms with Gasteiger partial charge in [0.1, 0.15) is 5.82 Å². The highest BCUT2D eigenvalue weighted by Gasteiger charge is 2.08. The van der Waals surface area contributed by atoms with Gasteiger partial charge >= 0.3 is 0 Å². The maximum Gasteiger partial charge on any atom is 0.256 e. The number of rotatable bonds is 3. The van der Waals surface area contributed by atoms with E-state index >= 15 is 0 Å². The molecule has 3 rings (SSSR count). The van der Waals surface area contributed by atoms with E-state index < -0.39 is 0 Å². The molecule has 3 aromatic rings. The van der Waals surface area contributed by atoms with Crippen LogP contribution in [0.4, 0.5) is 11.5 Å². The van der Waals surface area contributed by atoms with Gasteiger partial charge in [-0.25, -0.2) is 4.98 Å². The maximum absolute atomic E-state index is 12.2. The summed E-state index contributed by atoms with van der Waals surface area (Å²) in [6, 6.07) is 14.7. The Hall–Kier alpha value is -3.08. The number of hydrogen-bond donors (Lipinski definition) is 2. The standard InChI is InChI=1S/C17H16N4O/c1-12-15(18)8-9-16(19-12)20-17(22)13-4-6-14(7-5-13)21-10-2-3-11-21/h2-11H,18H2,1H3,(H,19,20,22). The van der Waals surface area contributed by atoms with E-state index in [1.54, 1.807) is 31.2 Å². The molecule has 5 heteroatoms. The van der Waals surface area contributed by atoms with Gasteiger partial charge in [-0.05, 0) is 55.5 Å². The summed E-state index contributed by atoms with van der Waals surface area (Å²) in [4.78, 5) is 16.5. The van der Waals surface area contributed by atoms with Crippen molar-refractivity contribution in [1.82, 2.24) is 9.55 Å². The summed E-state index contributed by atoms with van der Waals surface area (Å²) in [5.41, 5.74) is 8.60. The number of nitrogens with zero attached hydrogens (tertiary/aromatic N) is 2. The molecule has 0 aliphatic rings. The normalized spacial score (nSPS) is 10.4. The van der Waals surface area contributed by atoms with Gasteiger partial charge in [0.25, 0.3) is 5.91 Å². The first-order chi connectivity index (χ1) is 10.6. The third-order valence-corrected chi connectivity index (χ3v) is 3.40. The molecule has 0 saturated carbocycles. The topological polar surface area (TPSA) is 72.9 Å². The van der Waals surface area contributed by atoms with E-state index in [4.69, 9.17) is 5.73 Å². The van der Waals surface area contributed by atoms with Crippen LogP contribution < -0.4 is 11.1 Å². The molecule has 3 N–H and O–H groups in total. The van der Waals surface area contributed by atoms with Gasteiger partial charge in [0.15, 0.2) is 0 Å². The maximum atomic E-state index is 12.2. The smallest absolute Gasteiger partial charge is 0.256 e. The number of pyridine rings is 1. The number of benzene rings is 1. The summed E-state index contributed by atoms with van der Waals surface area (Å²) in [7, 11) is 0. The Morgan fingerprint density at radius 2 is 1.77 bits per heavy atom. The zero-order valence-electron chi connectivity index (χ0n) is 12.2. The van der Waals surface area contributed by atoms with Crippen LogP contribution in [-0.4, -0.2) is 15.5 Å². The number of amides is 1. The molecule has 0 atom stereocenters. The van der Waals surface area contributed by atoms with E-state index in [0.29, 0.717) is 22.8 Å². The molecule has 0 spiro atoms. The van der Waals surface area contributed by atoms with E-state index in [-0.39, 0.29) is 5.91 Å². The molecule has 1 aromatic carbocycles. The first-order valence-electron chi connectivity index (χ1n) is 6.91. The predicted molar refractivity (Wildman–Crippen MR) is 87.1 cm³/mol. The Morgan fingerprint density at radius 1 is 1.09 bits per heavy atom. The van der Waals surface area contributed by atoms with Crippen molar-refractivity contribution in [2.24, 2.45) is 0 Å². The van der Waals surface area contributed by atoms with Crippen LogP contribution in [0.1, 0.15) is 16.1 Å². The van der Waals surface area contributed by atoms with Crippen molar-refractivity contribution in [3.63, 3.8) is 0 Å². The first-order valence-corrected chi connectivity index (χ1v) is 6.91. The molecule has 110 valence electrons. The fraction of sp³-hybridized carbons (Fsp3) is 0.0588. The van der Waals surface area contributed by atoms with Crippen molar-refractivity contribution < 1.29 is 4.79 Å². The average Bonchev–Trinajstić information content (AvgIpc) is 3.05. The molecule has 0 radical (unpaired) electrons. The van der Waals surface area contributed by atoms with Crippen LogP contribution in [-0.2, 0) is 0 Å². The summed E-state index contributed by atoms with van der Waals surface area (Å²) in [6.07, 6.45) is 3.91. The number of nitrogen functional groups attached to an aromatic ring is 1. The summed E-state index contributed by atoms with van der Waals surface area (Å²) >= 11 is 0. The first kappa shape index (κ1) is 13.9. The number of nitrogens with two attached hydrogens (primary N) is 1. The lowest BCUT2D eigenvalue weighted by atomic mass is 10.2. The van der Waals surface area contributed by atoms with E-state index in [9.17, 15) is 4.79 Å². The second kappa shape index (κ2) is 5.73. The fourth-order valence-corrected chi connectivity index (χ4v) is 2.12. The van der Waals surface area contributed by atoms with Gasteiger partial charge in [-0.1, -0.05) is 0 Å². The lowest BCUT2D eigenvalue weighted by molar-refractivity contribution is 0.102. The van der Waals surface area contributed by atoms with E-state index in [1.807, 2.05) is 41.2 Å². The highest BCUT2D eigenvalue weighted by atomic mass is 16.1. The minimum absolute atomic E-state index is 0.198. The van der Waals surface area contributed by atoms with Crippen molar-refractivity contribution in [3.05, 3.63) is 72.2 Å². The highest BCUT2D eigenvalue weighted by molar-refractivity contribution is 6.03. The van der Waals surface area contributed by atoms with Gasteiger partial charge in [0, 0.05) is 23.6 Å². The molecule has 2 aromatic heterocycles. The van der Waals surface area contributed by atoms with E-state index in [0.717, 1.165) is 5.69 Å². The van der Waals surface area contributed by atoms with Gasteiger partial charge in [-0.3, -0.25) is 4.79 Å². The molecule has 0 aliphatic carbocycles. The Labute approximate surface area is 128 Å². The molecular weight excluding hydrogens is 276 g/mol. The molecule has 1 amide bonds. The molecule has 0 saturated heterocycles. The third kappa shape index (κ3) is 2.83. The van der Waals surface area contributed by atoms with Crippen LogP contribution in [0.25, 0.3) is 5.69 Å². The predicted octanol–water partition coefficient (Wildman–Crippen LogP) is 3.02. The SMILES string of the molecule is Cc1nc(NC(=O)c2ccc(-n3cccc3)cc2)ccc1N. The Balaban J connectivity index is 1.76. The molecular formula is C17H16N4O. The van der Waals surface area contributed by atoms with Crippen molar-refractivity contribution in [1.29, 1.82) is 0 Å². The van der Waals surface area contributed by atoms with Crippen LogP contribution in [0.2, 0.25) is 0 Å². The van der Waals surface area contributed by atoms with Crippen LogP contribution in [0.5, 0.6) is 0 Å². The van der Waals surface area contributed by atoms with Crippen molar-refractivity contribution in [2.75, 3.05) is 11.1 Å². The molecule has 0 aliphatic heterocycles. The zero-order chi connectivity index (χ0) is 15.5. The Morgan fingerprint density at radius 3 is 2.41 bits per heavy atom. The molecule has 5 nitrogen and oxygen atoms in total. The third-order valence-electron chi connectivity index (χ3n) is 3.40. The van der Waals surface area contributed by atoms with Gasteiger partial charge in [0.05, 0.1) is 11.4 Å². The minimum atomic E-state index is -0.198. The van der Waals surface area contributed by atoms with Crippen molar-refractivity contribution >= 4 is 17.4 Å². The fourth-order valence-electron chi connectivity index (χ4n) is 2.12. The number of nitrogens with one attached hydrogen (secondary N) is 1. The van der Waals surface area contributed by atoms with Gasteiger partial charge in [-0.15, -0.1) is 0 Å². The van der Waals surface area contributed by atoms with Crippen molar-refractivity contribution in [3.8, 4) is 5.69 Å². The number of anilines is 2. The summed E-state index contributed by atoms with van der Waals surface area (Å²) < 4.78 is 1.98. The van der Waals surface area contributed by atoms with Crippen LogP contribution in [0.15, 0.2) is 60.9 Å². The highest BCUT2D eigenvalue weighted by Crippen LogP contribution is 2.14. The Bertz CT molecular complexity index is 792. The van der Waals surface area contributed by atoms with Gasteiger partial charge < -0.3 is 15.6 Å². The number of aromatic nitrogens is 2. The lowest BCUT2D eigenvalue weighted by Gasteiger charge is -2.08. The molecule has 2 heterocycles. The number of aryl methyl sites for hydroxylation is 1. The quantitative estimate of drug-likeness (QED) is 0.779. The molecule has 0 fully saturated rings. The van der Waals surface area contributed by atoms with Gasteiger partial charge in [0.2, 0.25) is 0 Å². The van der Waals surface area contributed by atoms with Gasteiger partial charge in [-0.2, -0.15) is 0 Å². The number of hydrogen-bond acceptors (Lipinski definition) is 3.